The minimum absolute atomic E-state index is 0.0208. The maximum atomic E-state index is 11.7. The maximum Gasteiger partial charge on any atom is 0.140 e. The fourth-order valence-electron chi connectivity index (χ4n) is 2.08. The van der Waals surface area contributed by atoms with Crippen molar-refractivity contribution in [2.45, 2.75) is 39.5 Å². The number of hydrogen-bond acceptors (Lipinski definition) is 2. The van der Waals surface area contributed by atoms with Crippen LogP contribution in [0.4, 0.5) is 0 Å². The van der Waals surface area contributed by atoms with Gasteiger partial charge < -0.3 is 5.32 Å². The van der Waals surface area contributed by atoms with Crippen LogP contribution in [0.3, 0.4) is 0 Å². The van der Waals surface area contributed by atoms with Crippen LogP contribution < -0.4 is 5.32 Å². The number of carbonyl (C=O) groups excluding carboxylic acids is 1. The first-order valence-corrected chi connectivity index (χ1v) is 4.99. The lowest BCUT2D eigenvalue weighted by molar-refractivity contribution is -0.129. The van der Waals surface area contributed by atoms with Gasteiger partial charge >= 0.3 is 0 Å². The van der Waals surface area contributed by atoms with E-state index >= 15 is 0 Å². The molecule has 1 unspecified atom stereocenters. The van der Waals surface area contributed by atoms with Crippen LogP contribution in [-0.2, 0) is 4.79 Å². The van der Waals surface area contributed by atoms with Crippen molar-refractivity contribution in [2.75, 3.05) is 13.1 Å². The van der Waals surface area contributed by atoms with Crippen molar-refractivity contribution >= 4 is 5.78 Å². The number of hydrogen-bond donors (Lipinski definition) is 1. The third-order valence-electron chi connectivity index (χ3n) is 3.06. The Hall–Kier alpha value is -0.370. The zero-order valence-corrected chi connectivity index (χ0v) is 8.15. The predicted molar refractivity (Wildman–Crippen MR) is 50.1 cm³/mol. The van der Waals surface area contributed by atoms with Crippen molar-refractivity contribution in [2.24, 2.45) is 5.41 Å². The molecular weight excluding hydrogens is 150 g/mol. The van der Waals surface area contributed by atoms with Crippen LogP contribution in [0.1, 0.15) is 39.5 Å². The largest absolute Gasteiger partial charge is 0.316 e. The van der Waals surface area contributed by atoms with Crippen molar-refractivity contribution in [3.8, 4) is 0 Å². The molecule has 0 radical (unpaired) electrons. The van der Waals surface area contributed by atoms with Gasteiger partial charge in [0.05, 0.1) is 0 Å². The molecule has 1 rings (SSSR count). The molecule has 1 fully saturated rings. The summed E-state index contributed by atoms with van der Waals surface area (Å²) >= 11 is 0. The molecule has 1 saturated heterocycles. The predicted octanol–water partition coefficient (Wildman–Crippen LogP) is 1.75. The van der Waals surface area contributed by atoms with E-state index in [0.29, 0.717) is 12.2 Å². The minimum atomic E-state index is -0.0208. The Labute approximate surface area is 74.7 Å². The highest BCUT2D eigenvalue weighted by Gasteiger charge is 2.35. The SMILES string of the molecule is CCC(=O)C1(CC)CCCNC1. The summed E-state index contributed by atoms with van der Waals surface area (Å²) in [5, 5.41) is 3.32. The van der Waals surface area contributed by atoms with E-state index in [2.05, 4.69) is 12.2 Å². The Bertz CT molecular complexity index is 159. The third kappa shape index (κ3) is 1.69. The molecule has 2 heteroatoms. The van der Waals surface area contributed by atoms with Crippen LogP contribution in [0.15, 0.2) is 0 Å². The molecule has 0 bridgehead atoms. The van der Waals surface area contributed by atoms with Gasteiger partial charge in [-0.3, -0.25) is 4.79 Å². The van der Waals surface area contributed by atoms with Gasteiger partial charge in [0.25, 0.3) is 0 Å². The number of ketones is 1. The second kappa shape index (κ2) is 4.04. The van der Waals surface area contributed by atoms with Crippen LogP contribution in [0.25, 0.3) is 0 Å². The van der Waals surface area contributed by atoms with Crippen LogP contribution in [0.5, 0.6) is 0 Å². The fourth-order valence-corrected chi connectivity index (χ4v) is 2.08. The molecule has 0 amide bonds. The first-order valence-electron chi connectivity index (χ1n) is 4.99. The number of rotatable bonds is 3. The van der Waals surface area contributed by atoms with E-state index in [1.165, 1.54) is 0 Å². The van der Waals surface area contributed by atoms with E-state index in [-0.39, 0.29) is 5.41 Å². The lowest BCUT2D eigenvalue weighted by Gasteiger charge is -2.35. The summed E-state index contributed by atoms with van der Waals surface area (Å²) in [6, 6.07) is 0. The lowest BCUT2D eigenvalue weighted by atomic mass is 9.74. The normalized spacial score (nSPS) is 30.2. The summed E-state index contributed by atoms with van der Waals surface area (Å²) in [7, 11) is 0. The third-order valence-corrected chi connectivity index (χ3v) is 3.06. The maximum absolute atomic E-state index is 11.7. The summed E-state index contributed by atoms with van der Waals surface area (Å²) in [5.41, 5.74) is -0.0208. The molecule has 0 aromatic carbocycles. The van der Waals surface area contributed by atoms with Gasteiger partial charge in [-0.05, 0) is 25.8 Å². The van der Waals surface area contributed by atoms with Gasteiger partial charge in [0.2, 0.25) is 0 Å². The first kappa shape index (κ1) is 9.72. The van der Waals surface area contributed by atoms with Crippen molar-refractivity contribution < 1.29 is 4.79 Å². The lowest BCUT2D eigenvalue weighted by Crippen LogP contribution is -2.44. The summed E-state index contributed by atoms with van der Waals surface area (Å²) in [6.45, 7) is 6.07. The van der Waals surface area contributed by atoms with E-state index in [4.69, 9.17) is 0 Å². The molecule has 1 atom stereocenters. The Balaban J connectivity index is 2.66. The van der Waals surface area contributed by atoms with Crippen LogP contribution in [0.2, 0.25) is 0 Å². The first-order chi connectivity index (χ1) is 5.75. The summed E-state index contributed by atoms with van der Waals surface area (Å²) in [6.07, 6.45) is 3.92. The van der Waals surface area contributed by atoms with Crippen LogP contribution in [0, 0.1) is 5.41 Å². The van der Waals surface area contributed by atoms with E-state index in [9.17, 15) is 4.79 Å². The van der Waals surface area contributed by atoms with E-state index < -0.39 is 0 Å². The molecule has 2 nitrogen and oxygen atoms in total. The average Bonchev–Trinajstić information content (AvgIpc) is 2.17. The summed E-state index contributed by atoms with van der Waals surface area (Å²) in [4.78, 5) is 11.7. The molecule has 0 saturated carbocycles. The molecule has 0 aliphatic carbocycles. The standard InChI is InChI=1S/C10H19NO/c1-3-9(12)10(4-2)6-5-7-11-8-10/h11H,3-8H2,1-2H3. The molecule has 0 aromatic heterocycles. The Morgan fingerprint density at radius 3 is 2.67 bits per heavy atom. The van der Waals surface area contributed by atoms with E-state index in [1.54, 1.807) is 0 Å². The number of carbonyl (C=O) groups is 1. The number of nitrogens with one attached hydrogen (secondary N) is 1. The quantitative estimate of drug-likeness (QED) is 0.697. The summed E-state index contributed by atoms with van der Waals surface area (Å²) in [5.74, 6) is 0.442. The van der Waals surface area contributed by atoms with Crippen LogP contribution >= 0.6 is 0 Å². The highest BCUT2D eigenvalue weighted by Crippen LogP contribution is 2.31. The Morgan fingerprint density at radius 1 is 1.50 bits per heavy atom. The second-order valence-electron chi connectivity index (χ2n) is 3.69. The zero-order chi connectivity index (χ0) is 9.03. The van der Waals surface area contributed by atoms with Gasteiger partial charge in [-0.15, -0.1) is 0 Å². The highest BCUT2D eigenvalue weighted by atomic mass is 16.1. The molecule has 1 aliphatic heterocycles. The van der Waals surface area contributed by atoms with E-state index in [0.717, 1.165) is 32.4 Å². The van der Waals surface area contributed by atoms with Crippen LogP contribution in [-0.4, -0.2) is 18.9 Å². The Morgan fingerprint density at radius 2 is 2.25 bits per heavy atom. The molecular formula is C10H19NO. The second-order valence-corrected chi connectivity index (χ2v) is 3.69. The molecule has 0 spiro atoms. The van der Waals surface area contributed by atoms with Crippen molar-refractivity contribution in [1.29, 1.82) is 0 Å². The van der Waals surface area contributed by atoms with Gasteiger partial charge in [0, 0.05) is 18.4 Å². The Kier molecular flexibility index (Phi) is 3.27. The molecule has 1 aliphatic rings. The zero-order valence-electron chi connectivity index (χ0n) is 8.15. The van der Waals surface area contributed by atoms with E-state index in [1.807, 2.05) is 6.92 Å². The van der Waals surface area contributed by atoms with Gasteiger partial charge in [0.1, 0.15) is 5.78 Å². The molecule has 1 heterocycles. The monoisotopic (exact) mass is 169 g/mol. The fraction of sp³-hybridized carbons (Fsp3) is 0.900. The highest BCUT2D eigenvalue weighted by molar-refractivity contribution is 5.84. The summed E-state index contributed by atoms with van der Waals surface area (Å²) < 4.78 is 0. The van der Waals surface area contributed by atoms with Crippen molar-refractivity contribution in [3.05, 3.63) is 0 Å². The van der Waals surface area contributed by atoms with Gasteiger partial charge in [0.15, 0.2) is 0 Å². The molecule has 12 heavy (non-hydrogen) atoms. The van der Waals surface area contributed by atoms with Crippen molar-refractivity contribution in [3.63, 3.8) is 0 Å². The van der Waals surface area contributed by atoms with Crippen molar-refractivity contribution in [1.82, 2.24) is 5.32 Å². The number of Topliss-reactive ketones (excluding diaryl/α,β-unsaturated/α-hetero) is 1. The average molecular weight is 169 g/mol. The van der Waals surface area contributed by atoms with Gasteiger partial charge in [-0.1, -0.05) is 13.8 Å². The molecule has 70 valence electrons. The molecule has 0 aromatic rings. The van der Waals surface area contributed by atoms with Gasteiger partial charge in [-0.25, -0.2) is 0 Å². The molecule has 1 N–H and O–H groups in total. The number of piperidine rings is 1. The topological polar surface area (TPSA) is 29.1 Å². The smallest absolute Gasteiger partial charge is 0.140 e. The van der Waals surface area contributed by atoms with Gasteiger partial charge in [-0.2, -0.15) is 0 Å². The minimum Gasteiger partial charge on any atom is -0.316 e.